The fraction of sp³-hybridized carbons (Fsp3) is 0.900. The van der Waals surface area contributed by atoms with E-state index in [0.29, 0.717) is 12.6 Å². The first-order valence-electron chi connectivity index (χ1n) is 5.46. The van der Waals surface area contributed by atoms with Crippen LogP contribution in [0.4, 0.5) is 0 Å². The van der Waals surface area contributed by atoms with E-state index in [0.717, 1.165) is 19.4 Å². The summed E-state index contributed by atoms with van der Waals surface area (Å²) in [6.07, 6.45) is 2.74. The molecule has 2 fully saturated rings. The second-order valence-electron chi connectivity index (χ2n) is 4.15. The Bertz CT molecular complexity index is 227. The maximum absolute atomic E-state index is 10.5. The molecular formula is C10H17NO4. The molecule has 0 bridgehead atoms. The number of carboxylic acid groups (broad SMARTS) is 1. The van der Waals surface area contributed by atoms with Crippen LogP contribution in [0.5, 0.6) is 0 Å². The van der Waals surface area contributed by atoms with Gasteiger partial charge in [0, 0.05) is 12.5 Å². The molecule has 0 aromatic heterocycles. The van der Waals surface area contributed by atoms with Crippen molar-refractivity contribution in [2.24, 2.45) is 0 Å². The molecule has 0 radical (unpaired) electrons. The minimum Gasteiger partial charge on any atom is -0.481 e. The summed E-state index contributed by atoms with van der Waals surface area (Å²) in [6.45, 7) is 1.47. The van der Waals surface area contributed by atoms with Gasteiger partial charge in [0.1, 0.15) is 0 Å². The lowest BCUT2D eigenvalue weighted by atomic mass is 10.1. The van der Waals surface area contributed by atoms with Gasteiger partial charge in [-0.15, -0.1) is 0 Å². The van der Waals surface area contributed by atoms with Crippen LogP contribution in [0.25, 0.3) is 0 Å². The van der Waals surface area contributed by atoms with Crippen molar-refractivity contribution in [1.29, 1.82) is 0 Å². The first kappa shape index (κ1) is 10.9. The highest BCUT2D eigenvalue weighted by molar-refractivity contribution is 5.67. The molecule has 5 nitrogen and oxygen atoms in total. The second-order valence-corrected chi connectivity index (χ2v) is 4.15. The van der Waals surface area contributed by atoms with E-state index in [-0.39, 0.29) is 18.8 Å². The Morgan fingerprint density at radius 3 is 3.07 bits per heavy atom. The third-order valence-electron chi connectivity index (χ3n) is 2.85. The molecule has 0 aliphatic carbocycles. The van der Waals surface area contributed by atoms with E-state index in [1.807, 2.05) is 0 Å². The summed E-state index contributed by atoms with van der Waals surface area (Å²) in [5.41, 5.74) is 0. The van der Waals surface area contributed by atoms with E-state index in [2.05, 4.69) is 5.32 Å². The lowest BCUT2D eigenvalue weighted by Gasteiger charge is -2.15. The molecule has 2 rings (SSSR count). The predicted molar refractivity (Wildman–Crippen MR) is 52.5 cm³/mol. The lowest BCUT2D eigenvalue weighted by Crippen LogP contribution is -2.27. The average molecular weight is 215 g/mol. The molecule has 3 atom stereocenters. The molecule has 0 aromatic carbocycles. The van der Waals surface area contributed by atoms with Crippen molar-refractivity contribution in [3.63, 3.8) is 0 Å². The number of ether oxygens (including phenoxy) is 2. The molecule has 15 heavy (non-hydrogen) atoms. The zero-order valence-electron chi connectivity index (χ0n) is 8.65. The molecule has 2 N–H and O–H groups in total. The fourth-order valence-electron chi connectivity index (χ4n) is 2.12. The Labute approximate surface area is 88.7 Å². The molecule has 0 amide bonds. The number of carboxylic acids is 1. The number of carbonyl (C=O) groups is 1. The van der Waals surface area contributed by atoms with Gasteiger partial charge >= 0.3 is 5.97 Å². The van der Waals surface area contributed by atoms with Crippen molar-refractivity contribution in [3.05, 3.63) is 0 Å². The zero-order chi connectivity index (χ0) is 10.7. The molecule has 0 spiro atoms. The van der Waals surface area contributed by atoms with Crippen molar-refractivity contribution >= 4 is 5.97 Å². The Balaban J connectivity index is 1.70. The Hall–Kier alpha value is -0.650. The van der Waals surface area contributed by atoms with Gasteiger partial charge in [-0.25, -0.2) is 0 Å². The van der Waals surface area contributed by atoms with E-state index in [1.165, 1.54) is 6.42 Å². The largest absolute Gasteiger partial charge is 0.481 e. The standard InChI is InChI=1S/C10H17NO4/c12-9(13)5-8-6-14-10(15-8)4-7-2-1-3-11-7/h7-8,10-11H,1-6H2,(H,12,13). The normalized spacial score (nSPS) is 35.9. The van der Waals surface area contributed by atoms with E-state index < -0.39 is 5.97 Å². The molecule has 2 saturated heterocycles. The Morgan fingerprint density at radius 2 is 2.40 bits per heavy atom. The summed E-state index contributed by atoms with van der Waals surface area (Å²) in [5.74, 6) is -0.830. The fourth-order valence-corrected chi connectivity index (χ4v) is 2.12. The number of hydrogen-bond acceptors (Lipinski definition) is 4. The second kappa shape index (κ2) is 4.92. The van der Waals surface area contributed by atoms with E-state index in [9.17, 15) is 4.79 Å². The van der Waals surface area contributed by atoms with Gasteiger partial charge in [-0.3, -0.25) is 4.79 Å². The highest BCUT2D eigenvalue weighted by atomic mass is 16.7. The van der Waals surface area contributed by atoms with Crippen LogP contribution in [-0.2, 0) is 14.3 Å². The number of rotatable bonds is 4. The van der Waals surface area contributed by atoms with Crippen LogP contribution in [0.1, 0.15) is 25.7 Å². The van der Waals surface area contributed by atoms with E-state index >= 15 is 0 Å². The molecular weight excluding hydrogens is 198 g/mol. The summed E-state index contributed by atoms with van der Waals surface area (Å²) in [6, 6.07) is 0.471. The molecule has 5 heteroatoms. The van der Waals surface area contributed by atoms with Crippen molar-refractivity contribution in [2.75, 3.05) is 13.2 Å². The van der Waals surface area contributed by atoms with Gasteiger partial charge < -0.3 is 19.9 Å². The van der Waals surface area contributed by atoms with Gasteiger partial charge in [-0.2, -0.15) is 0 Å². The summed E-state index contributed by atoms with van der Waals surface area (Å²) >= 11 is 0. The van der Waals surface area contributed by atoms with E-state index in [4.69, 9.17) is 14.6 Å². The van der Waals surface area contributed by atoms with Crippen molar-refractivity contribution in [1.82, 2.24) is 5.32 Å². The van der Waals surface area contributed by atoms with Gasteiger partial charge in [0.05, 0.1) is 19.1 Å². The third kappa shape index (κ3) is 3.15. The van der Waals surface area contributed by atoms with Crippen LogP contribution in [0.15, 0.2) is 0 Å². The van der Waals surface area contributed by atoms with Gasteiger partial charge in [0.2, 0.25) is 0 Å². The number of nitrogens with one attached hydrogen (secondary N) is 1. The number of hydrogen-bond donors (Lipinski definition) is 2. The van der Waals surface area contributed by atoms with Gasteiger partial charge in [-0.1, -0.05) is 0 Å². The topological polar surface area (TPSA) is 67.8 Å². The highest BCUT2D eigenvalue weighted by Gasteiger charge is 2.30. The van der Waals surface area contributed by atoms with Crippen LogP contribution in [0.3, 0.4) is 0 Å². The molecule has 86 valence electrons. The maximum atomic E-state index is 10.5. The molecule has 3 unspecified atom stereocenters. The summed E-state index contributed by atoms with van der Waals surface area (Å²) < 4.78 is 10.9. The van der Waals surface area contributed by atoms with Gasteiger partial charge in [0.25, 0.3) is 0 Å². The minimum absolute atomic E-state index is 0.0363. The lowest BCUT2D eigenvalue weighted by molar-refractivity contribution is -0.140. The van der Waals surface area contributed by atoms with Crippen molar-refractivity contribution < 1.29 is 19.4 Å². The molecule has 0 saturated carbocycles. The molecule has 2 heterocycles. The predicted octanol–water partition coefficient (Wildman–Crippen LogP) is 0.345. The minimum atomic E-state index is -0.830. The zero-order valence-corrected chi connectivity index (χ0v) is 8.65. The molecule has 0 aromatic rings. The van der Waals surface area contributed by atoms with Gasteiger partial charge in [0.15, 0.2) is 6.29 Å². The van der Waals surface area contributed by atoms with Crippen LogP contribution in [-0.4, -0.2) is 42.7 Å². The monoisotopic (exact) mass is 215 g/mol. The molecule has 2 aliphatic rings. The van der Waals surface area contributed by atoms with Crippen molar-refractivity contribution in [3.8, 4) is 0 Å². The first-order chi connectivity index (χ1) is 7.24. The summed E-state index contributed by atoms with van der Waals surface area (Å²) in [7, 11) is 0. The maximum Gasteiger partial charge on any atom is 0.306 e. The summed E-state index contributed by atoms with van der Waals surface area (Å²) in [5, 5.41) is 12.0. The highest BCUT2D eigenvalue weighted by Crippen LogP contribution is 2.21. The molecule has 2 aliphatic heterocycles. The summed E-state index contributed by atoms with van der Waals surface area (Å²) in [4.78, 5) is 10.5. The van der Waals surface area contributed by atoms with Crippen LogP contribution in [0.2, 0.25) is 0 Å². The average Bonchev–Trinajstić information content (AvgIpc) is 2.77. The third-order valence-corrected chi connectivity index (χ3v) is 2.85. The van der Waals surface area contributed by atoms with Crippen LogP contribution < -0.4 is 5.32 Å². The van der Waals surface area contributed by atoms with Crippen LogP contribution >= 0.6 is 0 Å². The quantitative estimate of drug-likeness (QED) is 0.708. The van der Waals surface area contributed by atoms with Crippen molar-refractivity contribution in [2.45, 2.75) is 44.1 Å². The smallest absolute Gasteiger partial charge is 0.306 e. The SMILES string of the molecule is O=C(O)CC1COC(CC2CCCN2)O1. The van der Waals surface area contributed by atoms with E-state index in [1.54, 1.807) is 0 Å². The van der Waals surface area contributed by atoms with Crippen LogP contribution in [0, 0.1) is 0 Å². The van der Waals surface area contributed by atoms with Gasteiger partial charge in [-0.05, 0) is 19.4 Å². The Kier molecular flexibility index (Phi) is 3.56. The Morgan fingerprint density at radius 1 is 1.53 bits per heavy atom. The number of aliphatic carboxylic acids is 1. The first-order valence-corrected chi connectivity index (χ1v) is 5.46.